The van der Waals surface area contributed by atoms with E-state index in [1.54, 1.807) is 22.2 Å². The van der Waals surface area contributed by atoms with Crippen LogP contribution in [0.15, 0.2) is 12.4 Å². The van der Waals surface area contributed by atoms with Crippen molar-refractivity contribution in [1.82, 2.24) is 15.4 Å². The van der Waals surface area contributed by atoms with Crippen LogP contribution < -0.4 is 0 Å². The summed E-state index contributed by atoms with van der Waals surface area (Å²) >= 11 is 0. The molecule has 1 aromatic rings. The van der Waals surface area contributed by atoms with Crippen molar-refractivity contribution < 1.29 is 17.1 Å². The Kier molecular flexibility index (Phi) is 152. The first-order valence-corrected chi connectivity index (χ1v) is 2.81. The molecule has 3 N–H and O–H groups in total. The fourth-order valence-electron chi connectivity index (χ4n) is 0.167. The molecule has 0 aliphatic carbocycles. The van der Waals surface area contributed by atoms with Crippen molar-refractivity contribution >= 4 is 0 Å². The number of terminal acetylenes is 2. The quantitative estimate of drug-likeness (QED) is 0.216. The summed E-state index contributed by atoms with van der Waals surface area (Å²) in [6.07, 6.45) is 19.2. The van der Waals surface area contributed by atoms with Gasteiger partial charge in [0.15, 0.2) is 0 Å². The molecule has 0 aliphatic heterocycles. The van der Waals surface area contributed by atoms with Crippen LogP contribution in [0.1, 0.15) is 0 Å². The molecule has 89 valence electrons. The predicted molar refractivity (Wildman–Crippen MR) is 55.0 cm³/mol. The summed E-state index contributed by atoms with van der Waals surface area (Å²) in [6, 6.07) is 0. The molecular formula is C6H9CuN9. The molecule has 1 aromatic heterocycles. The number of nitrogens with zero attached hydrogens (tertiary/aromatic N) is 6. The van der Waals surface area contributed by atoms with Crippen LogP contribution in [0.25, 0.3) is 20.9 Å². The zero-order chi connectivity index (χ0) is 12.9. The third-order valence-electron chi connectivity index (χ3n) is 0.331. The molecule has 0 saturated carbocycles. The van der Waals surface area contributed by atoms with E-state index in [9.17, 15) is 0 Å². The third-order valence-corrected chi connectivity index (χ3v) is 0.331. The Bertz CT molecular complexity index is 240. The zero-order valence-electron chi connectivity index (χ0n) is 7.95. The normalized spacial score (nSPS) is 3.75. The van der Waals surface area contributed by atoms with Crippen molar-refractivity contribution in [1.29, 1.82) is 11.1 Å². The van der Waals surface area contributed by atoms with Gasteiger partial charge in [0.2, 0.25) is 0 Å². The average molecular weight is 271 g/mol. The minimum absolute atomic E-state index is 0. The smallest absolute Gasteiger partial charge is 0.0690 e. The number of aromatic amines is 1. The Morgan fingerprint density at radius 3 is 1.19 bits per heavy atom. The summed E-state index contributed by atoms with van der Waals surface area (Å²) < 4.78 is 0. The molecule has 0 fully saturated rings. The average Bonchev–Trinajstić information content (AvgIpc) is 2.83. The van der Waals surface area contributed by atoms with Crippen molar-refractivity contribution in [3.63, 3.8) is 0 Å². The van der Waals surface area contributed by atoms with Gasteiger partial charge in [0.25, 0.3) is 0 Å². The summed E-state index contributed by atoms with van der Waals surface area (Å²) in [6.45, 7) is 0. The van der Waals surface area contributed by atoms with Gasteiger partial charge in [-0.3, -0.25) is 0 Å². The summed E-state index contributed by atoms with van der Waals surface area (Å²) in [5, 5.41) is 9.33. The van der Waals surface area contributed by atoms with E-state index in [-0.39, 0.29) is 17.1 Å². The van der Waals surface area contributed by atoms with Gasteiger partial charge in [0.05, 0.1) is 12.4 Å². The fraction of sp³-hybridized carbons (Fsp3) is 0. The predicted octanol–water partition coefficient (Wildman–Crippen LogP) is 2.05. The van der Waals surface area contributed by atoms with Gasteiger partial charge >= 0.3 is 0 Å². The monoisotopic (exact) mass is 270 g/mol. The van der Waals surface area contributed by atoms with E-state index in [1.165, 1.54) is 0 Å². The standard InChI is InChI=1S/C2H3N3.2C2H2.Cu.2HN3/c1-2-4-5-3-1;2*1-2;;2*1-3-2/h1-2H,(H,3,4,5);2*1-2H;;2*1H. The molecule has 9 nitrogen and oxygen atoms in total. The van der Waals surface area contributed by atoms with Gasteiger partial charge in [-0.1, -0.05) is 0 Å². The van der Waals surface area contributed by atoms with Crippen molar-refractivity contribution in [3.05, 3.63) is 33.3 Å². The molecule has 0 aromatic carbocycles. The zero-order valence-corrected chi connectivity index (χ0v) is 8.89. The number of rotatable bonds is 0. The number of aromatic nitrogens is 3. The molecule has 1 heterocycles. The first-order chi connectivity index (χ1) is 7.33. The molecule has 0 atom stereocenters. The largest absolute Gasteiger partial charge is 0.198 e. The first-order valence-electron chi connectivity index (χ1n) is 2.81. The van der Waals surface area contributed by atoms with Gasteiger partial charge in [0.1, 0.15) is 0 Å². The fourth-order valence-corrected chi connectivity index (χ4v) is 0.167. The minimum atomic E-state index is 0. The van der Waals surface area contributed by atoms with E-state index >= 15 is 0 Å². The van der Waals surface area contributed by atoms with Gasteiger partial charge < -0.3 is 0 Å². The van der Waals surface area contributed by atoms with Gasteiger partial charge in [-0.25, -0.2) is 0 Å². The second kappa shape index (κ2) is 83.2. The van der Waals surface area contributed by atoms with Gasteiger partial charge in [-0.15, -0.1) is 36.8 Å². The molecule has 0 aliphatic rings. The van der Waals surface area contributed by atoms with Gasteiger partial charge in [-0.05, 0) is 20.9 Å². The summed E-state index contributed by atoms with van der Waals surface area (Å²) in [5.74, 6) is 0. The third kappa shape index (κ3) is 214. The van der Waals surface area contributed by atoms with Crippen LogP contribution in [0.4, 0.5) is 0 Å². The SMILES string of the molecule is C#C.C#C.[Cu].[N-]=[N+]=N.[N-]=[N+]=N.c1cn[nH]n1. The molecular weight excluding hydrogens is 262 g/mol. The molecule has 1 radical (unpaired) electrons. The van der Waals surface area contributed by atoms with Crippen molar-refractivity contribution in [3.8, 4) is 25.7 Å². The molecule has 10 heteroatoms. The number of H-pyrrole nitrogens is 1. The molecule has 0 spiro atoms. The van der Waals surface area contributed by atoms with Crippen LogP contribution in [-0.2, 0) is 17.1 Å². The maximum atomic E-state index is 6.86. The van der Waals surface area contributed by atoms with E-state index in [0.29, 0.717) is 0 Å². The van der Waals surface area contributed by atoms with Crippen LogP contribution in [0, 0.1) is 36.8 Å². The number of hydrogen-bond donors (Lipinski definition) is 3. The van der Waals surface area contributed by atoms with Gasteiger partial charge in [-0.2, -0.15) is 15.4 Å². The summed E-state index contributed by atoms with van der Waals surface area (Å²) in [4.78, 5) is 3.50. The van der Waals surface area contributed by atoms with Crippen molar-refractivity contribution in [2.24, 2.45) is 0 Å². The maximum Gasteiger partial charge on any atom is 0.0690 e. The van der Waals surface area contributed by atoms with E-state index in [4.69, 9.17) is 22.1 Å². The minimum Gasteiger partial charge on any atom is -0.198 e. The molecule has 0 unspecified atom stereocenters. The molecule has 16 heavy (non-hydrogen) atoms. The number of nitrogens with one attached hydrogen (secondary N) is 3. The molecule has 0 saturated heterocycles. The van der Waals surface area contributed by atoms with Crippen molar-refractivity contribution in [2.45, 2.75) is 0 Å². The van der Waals surface area contributed by atoms with Crippen LogP contribution in [0.2, 0.25) is 0 Å². The molecule has 0 bridgehead atoms. The van der Waals surface area contributed by atoms with Crippen LogP contribution in [0.5, 0.6) is 0 Å². The van der Waals surface area contributed by atoms with E-state index in [0.717, 1.165) is 0 Å². The molecule has 0 amide bonds. The van der Waals surface area contributed by atoms with Crippen molar-refractivity contribution in [2.75, 3.05) is 0 Å². The maximum absolute atomic E-state index is 6.86. The summed E-state index contributed by atoms with van der Waals surface area (Å²) in [5.41, 5.74) is 24.5. The Morgan fingerprint density at radius 2 is 1.12 bits per heavy atom. The second-order valence-corrected chi connectivity index (χ2v) is 0.856. The Morgan fingerprint density at radius 1 is 0.938 bits per heavy atom. The first kappa shape index (κ1) is 29.2. The number of hydrogen-bond acceptors (Lipinski definition) is 4. The second-order valence-electron chi connectivity index (χ2n) is 0.856. The molecule has 1 rings (SSSR count). The van der Waals surface area contributed by atoms with Gasteiger partial charge in [0, 0.05) is 17.1 Å². The Balaban J connectivity index is -0.0000000332. The van der Waals surface area contributed by atoms with E-state index in [1.807, 2.05) is 0 Å². The van der Waals surface area contributed by atoms with E-state index in [2.05, 4.69) is 41.1 Å². The Labute approximate surface area is 103 Å². The van der Waals surface area contributed by atoms with Crippen LogP contribution >= 0.6 is 0 Å². The van der Waals surface area contributed by atoms with Crippen LogP contribution in [-0.4, -0.2) is 15.4 Å². The van der Waals surface area contributed by atoms with E-state index < -0.39 is 0 Å². The topological polar surface area (TPSA) is 162 Å². The Hall–Kier alpha value is -2.60. The van der Waals surface area contributed by atoms with Crippen LogP contribution in [0.3, 0.4) is 0 Å². The summed E-state index contributed by atoms with van der Waals surface area (Å²) in [7, 11) is 0.